The Morgan fingerprint density at radius 1 is 0.276 bits per heavy atom. The molecule has 35 nitrogen and oxygen atoms in total. The molecule has 34 atom stereocenters. The maximum atomic E-state index is 11.6. The number of aliphatic hydroxyl groups excluding tert-OH is 22. The van der Waals surface area contributed by atoms with Crippen LogP contribution in [0.4, 0.5) is 0 Å². The molecule has 7 fully saturated rings. The molecule has 7 aliphatic heterocycles. The largest absolute Gasteiger partial charge is 0.394 e. The number of aliphatic hydroxyl groups is 22. The second-order valence-electron chi connectivity index (χ2n) is 19.2. The van der Waals surface area contributed by atoms with Crippen LogP contribution in [0.5, 0.6) is 0 Å². The molecule has 1 unspecified atom stereocenters. The quantitative estimate of drug-likeness (QED) is 0.0606. The highest BCUT2D eigenvalue weighted by Gasteiger charge is 2.58. The van der Waals surface area contributed by atoms with Crippen LogP contribution in [0.2, 0.25) is 0 Å². The van der Waals surface area contributed by atoms with Gasteiger partial charge in [0.25, 0.3) is 0 Å². The van der Waals surface area contributed by atoms with Gasteiger partial charge in [-0.3, -0.25) is 0 Å². The second kappa shape index (κ2) is 26.7. The maximum absolute atomic E-state index is 11.6. The lowest BCUT2D eigenvalue weighted by molar-refractivity contribution is -0.397. The highest BCUT2D eigenvalue weighted by Crippen LogP contribution is 2.37. The van der Waals surface area contributed by atoms with E-state index in [1.165, 1.54) is 0 Å². The molecule has 76 heavy (non-hydrogen) atoms. The van der Waals surface area contributed by atoms with Crippen LogP contribution in [0.3, 0.4) is 0 Å². The summed E-state index contributed by atoms with van der Waals surface area (Å²) in [6, 6.07) is 0. The predicted octanol–water partition coefficient (Wildman–Crippen LogP) is -15.6. The summed E-state index contributed by atoms with van der Waals surface area (Å²) in [5, 5.41) is 233. The van der Waals surface area contributed by atoms with E-state index >= 15 is 0 Å². The van der Waals surface area contributed by atoms with Crippen LogP contribution >= 0.6 is 0 Å². The van der Waals surface area contributed by atoms with Crippen LogP contribution in [-0.2, 0) is 61.6 Å². The summed E-state index contributed by atoms with van der Waals surface area (Å²) < 4.78 is 72.4. The normalized spacial score (nSPS) is 53.6. The molecule has 0 aliphatic carbocycles. The van der Waals surface area contributed by atoms with Gasteiger partial charge in [-0.25, -0.2) is 0 Å². The molecule has 7 aliphatic rings. The first-order chi connectivity index (χ1) is 36.0. The molecule has 0 radical (unpaired) electrons. The Labute approximate surface area is 428 Å². The Morgan fingerprint density at radius 2 is 0.566 bits per heavy atom. The van der Waals surface area contributed by atoms with Crippen molar-refractivity contribution < 1.29 is 174 Å². The van der Waals surface area contributed by atoms with Crippen LogP contribution in [-0.4, -0.2) is 367 Å². The highest BCUT2D eigenvalue weighted by atomic mass is 16.8. The molecule has 0 aromatic carbocycles. The van der Waals surface area contributed by atoms with Crippen molar-refractivity contribution >= 4 is 0 Å². The minimum atomic E-state index is -2.28. The SMILES string of the molecule is OC[C@H]1O[C@@H](O[C@H]2[C@H](O)[C@@H](O)[C@H](O[C@H]3[C@H](O)[C@@H](O)[C@H](O[C@H]4[C@H](O)[C@@H](O)[C@H](O[C@H]5[C@H](O)[C@@H](O)[C@H](O[C@H]6[C@H](O)[C@@H](O)C(O)O[C@@H]6CO)O[C@@H]5CO)O[C@@H]4CO)O[C@@H]3CO[C@H]3OC[C@@H](O)[C@H](O)[C@H]3O)O[C@@H]2CO)[C@H](O)[C@@H](O)[C@@H]1O. The van der Waals surface area contributed by atoms with E-state index in [9.17, 15) is 112 Å². The summed E-state index contributed by atoms with van der Waals surface area (Å²) in [5.41, 5.74) is 0. The Morgan fingerprint density at radius 3 is 0.934 bits per heavy atom. The molecular formula is C41H70O35. The fourth-order valence-corrected chi connectivity index (χ4v) is 9.62. The minimum absolute atomic E-state index is 0.556. The van der Waals surface area contributed by atoms with Crippen molar-refractivity contribution in [3.8, 4) is 0 Å². The van der Waals surface area contributed by atoms with Crippen molar-refractivity contribution in [2.45, 2.75) is 209 Å². The van der Waals surface area contributed by atoms with Gasteiger partial charge in [-0.1, -0.05) is 0 Å². The first kappa shape index (κ1) is 62.2. The lowest BCUT2D eigenvalue weighted by Gasteiger charge is -2.50. The van der Waals surface area contributed by atoms with Crippen LogP contribution in [0.1, 0.15) is 0 Å². The van der Waals surface area contributed by atoms with Gasteiger partial charge in [-0.15, -0.1) is 0 Å². The maximum Gasteiger partial charge on any atom is 0.187 e. The third-order valence-corrected chi connectivity index (χ3v) is 14.1. The summed E-state index contributed by atoms with van der Waals surface area (Å²) in [4.78, 5) is 0. The zero-order valence-electron chi connectivity index (χ0n) is 39.7. The lowest BCUT2D eigenvalue weighted by Crippen LogP contribution is -2.68. The smallest absolute Gasteiger partial charge is 0.187 e. The Balaban J connectivity index is 1.04. The highest BCUT2D eigenvalue weighted by molar-refractivity contribution is 5.00. The molecule has 0 amide bonds. The zero-order chi connectivity index (χ0) is 55.8. The number of hydrogen-bond donors (Lipinski definition) is 22. The van der Waals surface area contributed by atoms with E-state index in [1.807, 2.05) is 0 Å². The van der Waals surface area contributed by atoms with Gasteiger partial charge < -0.3 is 174 Å². The zero-order valence-corrected chi connectivity index (χ0v) is 39.7. The van der Waals surface area contributed by atoms with Crippen LogP contribution in [0.25, 0.3) is 0 Å². The molecule has 444 valence electrons. The van der Waals surface area contributed by atoms with Gasteiger partial charge in [0, 0.05) is 0 Å². The summed E-state index contributed by atoms with van der Waals surface area (Å²) in [7, 11) is 0. The van der Waals surface area contributed by atoms with Gasteiger partial charge in [0.15, 0.2) is 44.0 Å². The molecule has 7 rings (SSSR count). The Hall–Kier alpha value is -1.40. The summed E-state index contributed by atoms with van der Waals surface area (Å²) in [6.45, 7) is -6.29. The molecule has 0 bridgehead atoms. The van der Waals surface area contributed by atoms with E-state index in [4.69, 9.17) is 61.6 Å². The second-order valence-corrected chi connectivity index (χ2v) is 19.2. The van der Waals surface area contributed by atoms with E-state index in [-0.39, 0.29) is 0 Å². The topological polar surface area (TPSA) is 565 Å². The Kier molecular flexibility index (Phi) is 21.8. The van der Waals surface area contributed by atoms with Gasteiger partial charge in [0.05, 0.1) is 46.2 Å². The number of ether oxygens (including phenoxy) is 13. The van der Waals surface area contributed by atoms with Gasteiger partial charge in [-0.2, -0.15) is 0 Å². The average Bonchev–Trinajstić information content (AvgIpc) is 3.41. The lowest BCUT2D eigenvalue weighted by atomic mass is 9.95. The first-order valence-corrected chi connectivity index (χ1v) is 24.1. The van der Waals surface area contributed by atoms with E-state index < -0.39 is 255 Å². The molecule has 7 heterocycles. The molecule has 0 aromatic heterocycles. The summed E-state index contributed by atoms with van der Waals surface area (Å²) in [5.74, 6) is 0. The van der Waals surface area contributed by atoms with Gasteiger partial charge in [-0.05, 0) is 0 Å². The standard InChI is InChI=1S/C41H70O35/c42-1-9-16(49)17(50)25(58)37(67-9)73-31-11(3-44)70-40(28(61)21(31)54)76-34-14(7-65-36-24(57)15(48)8(47)6-64-36)71-41(29(62)22(34)55)75-33-13(5-46)69-39(27(60)20(33)53)74-32-12(4-45)68-38(26(59)19(32)52)72-30-10(2-43)66-35(63)23(56)18(30)51/h8-63H,1-7H2/t8-,9-,10-,11-,12-,13-,14-,15+,16-,17+,18-,19-,20-,21-,22-,23-,24-,25-,26-,27-,28-,29-,30-,31-,32-,33-,34-,35?,36-,37+,38+,39+,40+,41+/m1/s1. The van der Waals surface area contributed by atoms with Crippen LogP contribution < -0.4 is 0 Å². The molecule has 7 saturated heterocycles. The van der Waals surface area contributed by atoms with E-state index in [0.29, 0.717) is 0 Å². The van der Waals surface area contributed by atoms with Crippen molar-refractivity contribution in [3.63, 3.8) is 0 Å². The van der Waals surface area contributed by atoms with Gasteiger partial charge >= 0.3 is 0 Å². The van der Waals surface area contributed by atoms with Gasteiger partial charge in [0.2, 0.25) is 0 Å². The van der Waals surface area contributed by atoms with Crippen molar-refractivity contribution in [3.05, 3.63) is 0 Å². The van der Waals surface area contributed by atoms with E-state index in [0.717, 1.165) is 0 Å². The fourth-order valence-electron chi connectivity index (χ4n) is 9.62. The molecular weight excluding hydrogens is 1050 g/mol. The molecule has 0 aromatic rings. The predicted molar refractivity (Wildman–Crippen MR) is 226 cm³/mol. The minimum Gasteiger partial charge on any atom is -0.394 e. The van der Waals surface area contributed by atoms with Crippen molar-refractivity contribution in [1.82, 2.24) is 0 Å². The number of hydrogen-bond acceptors (Lipinski definition) is 35. The monoisotopic (exact) mass is 1120 g/mol. The first-order valence-electron chi connectivity index (χ1n) is 24.1. The summed E-state index contributed by atoms with van der Waals surface area (Å²) >= 11 is 0. The van der Waals surface area contributed by atoms with Crippen LogP contribution in [0, 0.1) is 0 Å². The molecule has 0 saturated carbocycles. The molecule has 0 spiro atoms. The Bertz CT molecular complexity index is 1760. The van der Waals surface area contributed by atoms with E-state index in [1.54, 1.807) is 0 Å². The van der Waals surface area contributed by atoms with E-state index in [2.05, 4.69) is 0 Å². The summed E-state index contributed by atoms with van der Waals surface area (Å²) in [6.07, 6.45) is -65.5. The number of rotatable bonds is 18. The van der Waals surface area contributed by atoms with Crippen LogP contribution in [0.15, 0.2) is 0 Å². The van der Waals surface area contributed by atoms with Crippen molar-refractivity contribution in [1.29, 1.82) is 0 Å². The molecule has 22 N–H and O–H groups in total. The van der Waals surface area contributed by atoms with Gasteiger partial charge in [0.1, 0.15) is 165 Å². The van der Waals surface area contributed by atoms with Crippen molar-refractivity contribution in [2.75, 3.05) is 46.2 Å². The van der Waals surface area contributed by atoms with Crippen molar-refractivity contribution in [2.24, 2.45) is 0 Å². The average molecular weight is 1120 g/mol. The third kappa shape index (κ3) is 12.8. The molecule has 35 heteroatoms. The fraction of sp³-hybridized carbons (Fsp3) is 1.00. The third-order valence-electron chi connectivity index (χ3n) is 14.1.